The molecule has 1 saturated carbocycles. The lowest BCUT2D eigenvalue weighted by Crippen LogP contribution is -2.22. The maximum absolute atomic E-state index is 6.22. The van der Waals surface area contributed by atoms with Crippen molar-refractivity contribution in [2.75, 3.05) is 26.4 Å². The molecule has 21 heavy (non-hydrogen) atoms. The average molecular weight is 312 g/mol. The van der Waals surface area contributed by atoms with Gasteiger partial charge in [-0.05, 0) is 30.5 Å². The van der Waals surface area contributed by atoms with Gasteiger partial charge in [0.15, 0.2) is 11.5 Å². The van der Waals surface area contributed by atoms with Gasteiger partial charge in [0.25, 0.3) is 0 Å². The zero-order valence-electron chi connectivity index (χ0n) is 12.2. The van der Waals surface area contributed by atoms with E-state index in [0.29, 0.717) is 30.1 Å². The molecule has 3 rings (SSSR count). The Labute approximate surface area is 130 Å². The van der Waals surface area contributed by atoms with Gasteiger partial charge in [-0.1, -0.05) is 24.4 Å². The van der Waals surface area contributed by atoms with E-state index in [9.17, 15) is 0 Å². The van der Waals surface area contributed by atoms with Crippen molar-refractivity contribution in [1.29, 1.82) is 0 Å². The molecule has 1 N–H and O–H groups in total. The number of nitrogens with one attached hydrogen (secondary N) is 1. The van der Waals surface area contributed by atoms with Gasteiger partial charge in [0.1, 0.15) is 13.2 Å². The van der Waals surface area contributed by atoms with Gasteiger partial charge >= 0.3 is 0 Å². The SMILES string of the molecule is Clc1cc(CNCCOC2CCCC2)cc2c1OCCO2. The largest absolute Gasteiger partial charge is 0.486 e. The van der Waals surface area contributed by atoms with Crippen molar-refractivity contribution in [1.82, 2.24) is 5.32 Å². The van der Waals surface area contributed by atoms with Crippen LogP contribution in [0.4, 0.5) is 0 Å². The quantitative estimate of drug-likeness (QED) is 0.819. The highest BCUT2D eigenvalue weighted by Gasteiger charge is 2.17. The molecule has 4 nitrogen and oxygen atoms in total. The average Bonchev–Trinajstić information content (AvgIpc) is 3.00. The van der Waals surface area contributed by atoms with Crippen LogP contribution in [0.25, 0.3) is 0 Å². The molecule has 1 aliphatic heterocycles. The van der Waals surface area contributed by atoms with Crippen LogP contribution in [-0.2, 0) is 11.3 Å². The second-order valence-corrected chi connectivity index (χ2v) is 5.96. The predicted molar refractivity (Wildman–Crippen MR) is 82.4 cm³/mol. The van der Waals surface area contributed by atoms with Gasteiger partial charge in [0.05, 0.1) is 17.7 Å². The van der Waals surface area contributed by atoms with Crippen LogP contribution < -0.4 is 14.8 Å². The van der Waals surface area contributed by atoms with Crippen molar-refractivity contribution < 1.29 is 14.2 Å². The van der Waals surface area contributed by atoms with Gasteiger partial charge in [-0.3, -0.25) is 0 Å². The smallest absolute Gasteiger partial charge is 0.179 e. The van der Waals surface area contributed by atoms with Gasteiger partial charge in [-0.25, -0.2) is 0 Å². The molecule has 0 amide bonds. The fourth-order valence-corrected chi connectivity index (χ4v) is 3.14. The number of benzene rings is 1. The fourth-order valence-electron chi connectivity index (χ4n) is 2.85. The van der Waals surface area contributed by atoms with Crippen LogP contribution in [0.15, 0.2) is 12.1 Å². The first-order chi connectivity index (χ1) is 10.3. The van der Waals surface area contributed by atoms with Crippen LogP contribution >= 0.6 is 11.6 Å². The summed E-state index contributed by atoms with van der Waals surface area (Å²) in [6, 6.07) is 3.92. The molecule has 1 aliphatic carbocycles. The molecule has 1 aromatic carbocycles. The molecule has 0 bridgehead atoms. The summed E-state index contributed by atoms with van der Waals surface area (Å²) in [5.74, 6) is 1.41. The Morgan fingerprint density at radius 1 is 1.19 bits per heavy atom. The van der Waals surface area contributed by atoms with Crippen molar-refractivity contribution in [2.45, 2.75) is 38.3 Å². The predicted octanol–water partition coefficient (Wildman–Crippen LogP) is 3.16. The molecule has 0 saturated heterocycles. The van der Waals surface area contributed by atoms with E-state index in [0.717, 1.165) is 31.0 Å². The Kier molecular flexibility index (Phi) is 5.22. The fraction of sp³-hybridized carbons (Fsp3) is 0.625. The van der Waals surface area contributed by atoms with E-state index < -0.39 is 0 Å². The van der Waals surface area contributed by atoms with Gasteiger partial charge < -0.3 is 19.5 Å². The minimum Gasteiger partial charge on any atom is -0.486 e. The van der Waals surface area contributed by atoms with E-state index in [-0.39, 0.29) is 0 Å². The Bertz CT molecular complexity index is 475. The summed E-state index contributed by atoms with van der Waals surface area (Å²) in [6.45, 7) is 3.51. The third-order valence-electron chi connectivity index (χ3n) is 3.92. The molecule has 0 atom stereocenters. The maximum Gasteiger partial charge on any atom is 0.179 e. The molecule has 1 fully saturated rings. The van der Waals surface area contributed by atoms with Crippen molar-refractivity contribution in [3.63, 3.8) is 0 Å². The molecule has 5 heteroatoms. The Morgan fingerprint density at radius 2 is 2.00 bits per heavy atom. The van der Waals surface area contributed by atoms with Gasteiger partial charge in [0, 0.05) is 13.1 Å². The van der Waals surface area contributed by atoms with Crippen LogP contribution in [0.2, 0.25) is 5.02 Å². The van der Waals surface area contributed by atoms with Crippen LogP contribution in [0, 0.1) is 0 Å². The topological polar surface area (TPSA) is 39.7 Å². The lowest BCUT2D eigenvalue weighted by Gasteiger charge is -2.20. The Morgan fingerprint density at radius 3 is 2.86 bits per heavy atom. The number of hydrogen-bond acceptors (Lipinski definition) is 4. The number of halogens is 1. The molecule has 0 aromatic heterocycles. The third-order valence-corrected chi connectivity index (χ3v) is 4.20. The van der Waals surface area contributed by atoms with Crippen molar-refractivity contribution >= 4 is 11.6 Å². The Balaban J connectivity index is 1.43. The van der Waals surface area contributed by atoms with E-state index in [1.165, 1.54) is 25.7 Å². The molecule has 1 heterocycles. The van der Waals surface area contributed by atoms with E-state index in [1.807, 2.05) is 12.1 Å². The normalized spacial score (nSPS) is 18.1. The standard InChI is InChI=1S/C16H22ClNO3/c17-14-9-12(10-15-16(14)21-8-7-20-15)11-18-5-6-19-13-3-1-2-4-13/h9-10,13,18H,1-8,11H2. The summed E-state index contributed by atoms with van der Waals surface area (Å²) in [6.07, 6.45) is 5.55. The Hall–Kier alpha value is -0.970. The minimum absolute atomic E-state index is 0.482. The van der Waals surface area contributed by atoms with E-state index in [2.05, 4.69) is 5.32 Å². The molecule has 2 aliphatic rings. The highest BCUT2D eigenvalue weighted by molar-refractivity contribution is 6.32. The number of fused-ring (bicyclic) bond motifs is 1. The minimum atomic E-state index is 0.482. The van der Waals surface area contributed by atoms with E-state index in [1.54, 1.807) is 0 Å². The summed E-state index contributed by atoms with van der Waals surface area (Å²) in [5.41, 5.74) is 1.10. The lowest BCUT2D eigenvalue weighted by molar-refractivity contribution is 0.0602. The van der Waals surface area contributed by atoms with Crippen LogP contribution in [0.1, 0.15) is 31.2 Å². The van der Waals surface area contributed by atoms with Crippen molar-refractivity contribution in [3.8, 4) is 11.5 Å². The third kappa shape index (κ3) is 4.02. The summed E-state index contributed by atoms with van der Waals surface area (Å²) in [4.78, 5) is 0. The maximum atomic E-state index is 6.22. The lowest BCUT2D eigenvalue weighted by atomic mass is 10.2. The zero-order chi connectivity index (χ0) is 14.5. The summed E-state index contributed by atoms with van der Waals surface area (Å²) in [5, 5.41) is 4.00. The summed E-state index contributed by atoms with van der Waals surface area (Å²) >= 11 is 6.22. The second kappa shape index (κ2) is 7.34. The first-order valence-electron chi connectivity index (χ1n) is 7.73. The molecular weight excluding hydrogens is 290 g/mol. The summed E-state index contributed by atoms with van der Waals surface area (Å²) < 4.78 is 16.9. The molecule has 1 aromatic rings. The number of ether oxygens (including phenoxy) is 3. The second-order valence-electron chi connectivity index (χ2n) is 5.56. The zero-order valence-corrected chi connectivity index (χ0v) is 13.0. The van der Waals surface area contributed by atoms with Crippen molar-refractivity contribution in [2.24, 2.45) is 0 Å². The van der Waals surface area contributed by atoms with Gasteiger partial charge in [-0.15, -0.1) is 0 Å². The highest BCUT2D eigenvalue weighted by atomic mass is 35.5. The molecule has 0 radical (unpaired) electrons. The molecule has 0 unspecified atom stereocenters. The van der Waals surface area contributed by atoms with Crippen LogP contribution in [0.5, 0.6) is 11.5 Å². The number of rotatable bonds is 6. The molecule has 116 valence electrons. The van der Waals surface area contributed by atoms with E-state index in [4.69, 9.17) is 25.8 Å². The molecular formula is C16H22ClNO3. The van der Waals surface area contributed by atoms with Crippen molar-refractivity contribution in [3.05, 3.63) is 22.7 Å². The summed E-state index contributed by atoms with van der Waals surface area (Å²) in [7, 11) is 0. The monoisotopic (exact) mass is 311 g/mol. The highest BCUT2D eigenvalue weighted by Crippen LogP contribution is 2.38. The van der Waals surface area contributed by atoms with E-state index >= 15 is 0 Å². The van der Waals surface area contributed by atoms with Gasteiger partial charge in [0.2, 0.25) is 0 Å². The first-order valence-corrected chi connectivity index (χ1v) is 8.11. The van der Waals surface area contributed by atoms with Crippen LogP contribution in [0.3, 0.4) is 0 Å². The number of hydrogen-bond donors (Lipinski definition) is 1. The van der Waals surface area contributed by atoms with Crippen LogP contribution in [-0.4, -0.2) is 32.5 Å². The van der Waals surface area contributed by atoms with Gasteiger partial charge in [-0.2, -0.15) is 0 Å². The first kappa shape index (κ1) is 14.9. The molecule has 0 spiro atoms.